The van der Waals surface area contributed by atoms with Gasteiger partial charge in [0.25, 0.3) is 11.8 Å². The van der Waals surface area contributed by atoms with Crippen molar-refractivity contribution < 1.29 is 32.7 Å². The molecule has 5 rings (SSSR count). The minimum Gasteiger partial charge on any atom is -0.476 e. The van der Waals surface area contributed by atoms with E-state index in [2.05, 4.69) is 32.6 Å². The molecule has 3 aromatic rings. The molecule has 1 saturated heterocycles. The number of hydrogen-bond donors (Lipinski definition) is 2. The second kappa shape index (κ2) is 13.1. The maximum Gasteiger partial charge on any atom is 0.417 e. The van der Waals surface area contributed by atoms with Crippen molar-refractivity contribution in [3.63, 3.8) is 0 Å². The van der Waals surface area contributed by atoms with E-state index in [9.17, 15) is 27.6 Å². The summed E-state index contributed by atoms with van der Waals surface area (Å²) in [6.45, 7) is 4.10. The number of carbonyl (C=O) groups excluding carboxylic acids is 2. The van der Waals surface area contributed by atoms with Gasteiger partial charge in [0.15, 0.2) is 22.4 Å². The van der Waals surface area contributed by atoms with Crippen LogP contribution in [-0.4, -0.2) is 80.9 Å². The van der Waals surface area contributed by atoms with Crippen LogP contribution < -0.4 is 10.2 Å². The fraction of sp³-hybridized carbons (Fsp3) is 0.370. The Kier molecular flexibility index (Phi) is 9.55. The third-order valence-corrected chi connectivity index (χ3v) is 7.09. The molecule has 0 bridgehead atoms. The number of carboxylic acids is 1. The lowest BCUT2D eigenvalue weighted by molar-refractivity contribution is -0.138. The van der Waals surface area contributed by atoms with Crippen LogP contribution in [-0.2, 0) is 6.18 Å². The predicted molar refractivity (Wildman–Crippen MR) is 145 cm³/mol. The predicted octanol–water partition coefficient (Wildman–Crippen LogP) is 3.67. The average Bonchev–Trinajstić information content (AvgIpc) is 3.70. The van der Waals surface area contributed by atoms with Crippen LogP contribution in [0.3, 0.4) is 0 Å². The quantitative estimate of drug-likeness (QED) is 0.430. The number of aromatic nitrogens is 4. The Morgan fingerprint density at radius 2 is 1.60 bits per heavy atom. The maximum absolute atomic E-state index is 13.2. The van der Waals surface area contributed by atoms with Crippen LogP contribution in [0.1, 0.15) is 50.2 Å². The molecule has 2 aliphatic rings. The number of carboxylic acid groups (broad SMARTS) is 1. The zero-order valence-corrected chi connectivity index (χ0v) is 23.1. The molecule has 3 heterocycles. The summed E-state index contributed by atoms with van der Waals surface area (Å²) in [6, 6.07) is 10.8. The first-order valence-corrected chi connectivity index (χ1v) is 13.4. The molecule has 1 saturated carbocycles. The number of amides is 2. The molecule has 2 fully saturated rings. The molecule has 2 unspecified atom stereocenters. The van der Waals surface area contributed by atoms with Gasteiger partial charge in [0.05, 0.1) is 11.1 Å². The summed E-state index contributed by atoms with van der Waals surface area (Å²) in [4.78, 5) is 38.3. The number of rotatable bonds is 6. The number of halogens is 4. The van der Waals surface area contributed by atoms with E-state index in [4.69, 9.17) is 16.7 Å². The van der Waals surface area contributed by atoms with Gasteiger partial charge < -0.3 is 20.2 Å². The highest BCUT2D eigenvalue weighted by molar-refractivity contribution is 6.29. The third kappa shape index (κ3) is 7.90. The van der Waals surface area contributed by atoms with Crippen LogP contribution >= 0.6 is 11.6 Å². The first-order valence-electron chi connectivity index (χ1n) is 13.0. The fourth-order valence-corrected chi connectivity index (χ4v) is 4.37. The van der Waals surface area contributed by atoms with E-state index >= 15 is 0 Å². The number of hydrogen-bond acceptors (Lipinski definition) is 8. The van der Waals surface area contributed by atoms with Crippen LogP contribution in [0.4, 0.5) is 19.0 Å². The summed E-state index contributed by atoms with van der Waals surface area (Å²) in [5.74, 6) is -0.267. The van der Waals surface area contributed by atoms with Crippen molar-refractivity contribution in [1.82, 2.24) is 30.6 Å². The Hall–Kier alpha value is -4.33. The monoisotopic (exact) mass is 605 g/mol. The Morgan fingerprint density at radius 1 is 0.952 bits per heavy atom. The van der Waals surface area contributed by atoms with Crippen molar-refractivity contribution in [1.29, 1.82) is 0 Å². The van der Waals surface area contributed by atoms with Crippen molar-refractivity contribution >= 4 is 35.2 Å². The molecule has 0 radical (unpaired) electrons. The molecule has 0 spiro atoms. The van der Waals surface area contributed by atoms with Crippen LogP contribution in [0.15, 0.2) is 48.5 Å². The number of aromatic carboxylic acids is 1. The van der Waals surface area contributed by atoms with Crippen molar-refractivity contribution in [3.05, 3.63) is 76.2 Å². The van der Waals surface area contributed by atoms with Gasteiger partial charge in [-0.3, -0.25) is 9.59 Å². The smallest absolute Gasteiger partial charge is 0.417 e. The number of benzene rings is 1. The fourth-order valence-electron chi connectivity index (χ4n) is 4.27. The van der Waals surface area contributed by atoms with Gasteiger partial charge in [-0.05, 0) is 54.7 Å². The topological polar surface area (TPSA) is 142 Å². The largest absolute Gasteiger partial charge is 0.476 e. The highest BCUT2D eigenvalue weighted by Crippen LogP contribution is 2.36. The van der Waals surface area contributed by atoms with Gasteiger partial charge >= 0.3 is 12.1 Å². The average molecular weight is 606 g/mol. The summed E-state index contributed by atoms with van der Waals surface area (Å²) in [7, 11) is 0. The van der Waals surface area contributed by atoms with Gasteiger partial charge in [0.1, 0.15) is 0 Å². The molecule has 222 valence electrons. The van der Waals surface area contributed by atoms with Crippen molar-refractivity contribution in [2.45, 2.75) is 19.5 Å². The number of alkyl halides is 3. The number of carbonyl (C=O) groups is 3. The van der Waals surface area contributed by atoms with Gasteiger partial charge in [0.2, 0.25) is 0 Å². The second-order valence-electron chi connectivity index (χ2n) is 9.83. The van der Waals surface area contributed by atoms with E-state index in [-0.39, 0.29) is 41.1 Å². The highest BCUT2D eigenvalue weighted by atomic mass is 35.5. The molecule has 11 nitrogen and oxygen atoms in total. The van der Waals surface area contributed by atoms with E-state index < -0.39 is 23.6 Å². The molecule has 1 aliphatic heterocycles. The molecule has 2 atom stereocenters. The van der Waals surface area contributed by atoms with Crippen LogP contribution in [0, 0.1) is 11.8 Å². The lowest BCUT2D eigenvalue weighted by Gasteiger charge is -2.35. The Balaban J connectivity index is 0.000000343. The minimum absolute atomic E-state index is 0.107. The lowest BCUT2D eigenvalue weighted by atomic mass is 10.1. The molecular weight excluding hydrogens is 579 g/mol. The summed E-state index contributed by atoms with van der Waals surface area (Å²) in [5, 5.41) is 26.1. The molecule has 42 heavy (non-hydrogen) atoms. The molecule has 1 aromatic carbocycles. The zero-order chi connectivity index (χ0) is 30.4. The lowest BCUT2D eigenvalue weighted by Crippen LogP contribution is -2.49. The number of nitrogens with zero attached hydrogens (tertiary/aromatic N) is 6. The summed E-state index contributed by atoms with van der Waals surface area (Å²) in [5.41, 5.74) is -1.14. The summed E-state index contributed by atoms with van der Waals surface area (Å²) >= 11 is 5.35. The standard InChI is InChI=1S/C22H24F3N5O2.C5H3ClN2O2/c1-14-12-15(14)13-26-20(31)18-6-7-19(28-27-18)29-8-10-30(11-9-29)21(32)16-4-2-3-5-17(16)22(23,24)25;6-4-2-1-3(5(9)10)7-8-4/h2-7,14-15H,8-13H2,1H3,(H,26,31);1-2H,(H,9,10). The van der Waals surface area contributed by atoms with Crippen LogP contribution in [0.25, 0.3) is 0 Å². The molecular formula is C27H27ClF3N7O4. The van der Waals surface area contributed by atoms with Crippen LogP contribution in [0.5, 0.6) is 0 Å². The van der Waals surface area contributed by atoms with Gasteiger partial charge in [-0.15, -0.1) is 20.4 Å². The van der Waals surface area contributed by atoms with Gasteiger partial charge in [-0.25, -0.2) is 4.79 Å². The van der Waals surface area contributed by atoms with Crippen molar-refractivity contribution in [2.75, 3.05) is 37.6 Å². The third-order valence-electron chi connectivity index (χ3n) is 6.89. The first-order chi connectivity index (χ1) is 19.9. The zero-order valence-electron chi connectivity index (χ0n) is 22.4. The summed E-state index contributed by atoms with van der Waals surface area (Å²) in [6.07, 6.45) is -3.46. The van der Waals surface area contributed by atoms with Crippen molar-refractivity contribution in [3.8, 4) is 0 Å². The Morgan fingerprint density at radius 3 is 2.14 bits per heavy atom. The summed E-state index contributed by atoms with van der Waals surface area (Å²) < 4.78 is 39.7. The molecule has 2 aromatic heterocycles. The normalized spacial score (nSPS) is 18.0. The van der Waals surface area contributed by atoms with E-state index in [1.54, 1.807) is 12.1 Å². The molecule has 15 heteroatoms. The molecule has 1 aliphatic carbocycles. The molecule has 2 amide bonds. The van der Waals surface area contributed by atoms with E-state index in [0.717, 1.165) is 12.5 Å². The van der Waals surface area contributed by atoms with E-state index in [1.807, 2.05) is 4.90 Å². The second-order valence-corrected chi connectivity index (χ2v) is 10.2. The van der Waals surface area contributed by atoms with Crippen molar-refractivity contribution in [2.24, 2.45) is 11.8 Å². The number of anilines is 1. The molecule has 2 N–H and O–H groups in total. The number of piperazine rings is 1. The van der Waals surface area contributed by atoms with E-state index in [0.29, 0.717) is 37.3 Å². The first kappa shape index (κ1) is 30.6. The Bertz CT molecular complexity index is 1420. The Labute approximate surface area is 243 Å². The maximum atomic E-state index is 13.2. The minimum atomic E-state index is -4.59. The number of nitrogens with one attached hydrogen (secondary N) is 1. The van der Waals surface area contributed by atoms with Gasteiger partial charge in [-0.1, -0.05) is 30.7 Å². The van der Waals surface area contributed by atoms with Crippen LogP contribution in [0.2, 0.25) is 5.15 Å². The van der Waals surface area contributed by atoms with Gasteiger partial charge in [-0.2, -0.15) is 13.2 Å². The highest BCUT2D eigenvalue weighted by Gasteiger charge is 2.36. The van der Waals surface area contributed by atoms with Gasteiger partial charge in [0, 0.05) is 32.7 Å². The van der Waals surface area contributed by atoms with E-state index in [1.165, 1.54) is 35.2 Å². The SMILES string of the molecule is CC1CC1CNC(=O)c1ccc(N2CCN(C(=O)c3ccccc3C(F)(F)F)CC2)nn1.O=C(O)c1ccc(Cl)nn1.